The summed E-state index contributed by atoms with van der Waals surface area (Å²) in [5.41, 5.74) is -3.03. The van der Waals surface area contributed by atoms with E-state index < -0.39 is 41.8 Å². The molecule has 1 saturated carbocycles. The lowest BCUT2D eigenvalue weighted by atomic mass is 9.57. The van der Waals surface area contributed by atoms with Gasteiger partial charge in [0.1, 0.15) is 0 Å². The standard InChI is InChI=1S/C15H22O7/c1-8-3-4-10-14(18,7-16)11(17)19-12-15(10)9(8)5-6-13(2,20-12)21-22-15/h8-10,12,16,18H,3-7H2,1-2H3/t8-,9?,10?,12-,13-,14-,15-/m1/s1. The van der Waals surface area contributed by atoms with E-state index in [1.807, 2.05) is 0 Å². The van der Waals surface area contributed by atoms with Gasteiger partial charge in [0.2, 0.25) is 12.1 Å². The Morgan fingerprint density at radius 2 is 2.05 bits per heavy atom. The number of carbonyl (C=O) groups is 1. The molecule has 2 N–H and O–H groups in total. The molecule has 7 heteroatoms. The quantitative estimate of drug-likeness (QED) is 0.537. The van der Waals surface area contributed by atoms with Crippen LogP contribution in [0.5, 0.6) is 0 Å². The van der Waals surface area contributed by atoms with Crippen LogP contribution in [0.25, 0.3) is 0 Å². The average molecular weight is 314 g/mol. The summed E-state index contributed by atoms with van der Waals surface area (Å²) in [7, 11) is 0. The summed E-state index contributed by atoms with van der Waals surface area (Å²) in [5, 5.41) is 20.4. The Morgan fingerprint density at radius 3 is 2.77 bits per heavy atom. The SMILES string of the molecule is C[C@@H]1CCC2[C@]34OO[C@](C)(CCC13)O[C@H]4OC(=O)[C@@]2(O)CO. The van der Waals surface area contributed by atoms with Crippen LogP contribution in [0.15, 0.2) is 0 Å². The topological polar surface area (TPSA) is 94.5 Å². The number of esters is 1. The summed E-state index contributed by atoms with van der Waals surface area (Å²) in [6.07, 6.45) is 1.90. The van der Waals surface area contributed by atoms with Crippen molar-refractivity contribution in [1.29, 1.82) is 0 Å². The molecule has 22 heavy (non-hydrogen) atoms. The van der Waals surface area contributed by atoms with Crippen molar-refractivity contribution in [2.75, 3.05) is 6.61 Å². The molecule has 4 saturated heterocycles. The van der Waals surface area contributed by atoms with Crippen molar-refractivity contribution in [1.82, 2.24) is 0 Å². The second-order valence-corrected chi connectivity index (χ2v) is 7.34. The molecule has 5 aliphatic rings. The van der Waals surface area contributed by atoms with Crippen molar-refractivity contribution < 1.29 is 34.3 Å². The molecule has 0 aromatic rings. The number of rotatable bonds is 1. The zero-order valence-corrected chi connectivity index (χ0v) is 12.8. The summed E-state index contributed by atoms with van der Waals surface area (Å²) in [5.74, 6) is -2.05. The van der Waals surface area contributed by atoms with Crippen molar-refractivity contribution in [3.8, 4) is 0 Å². The van der Waals surface area contributed by atoms with Gasteiger partial charge in [-0.25, -0.2) is 14.6 Å². The molecule has 2 unspecified atom stereocenters. The van der Waals surface area contributed by atoms with Gasteiger partial charge < -0.3 is 19.7 Å². The number of hydrogen-bond acceptors (Lipinski definition) is 7. The third-order valence-electron chi connectivity index (χ3n) is 6.10. The predicted octanol–water partition coefficient (Wildman–Crippen LogP) is 0.482. The zero-order valence-electron chi connectivity index (χ0n) is 12.8. The van der Waals surface area contributed by atoms with Crippen LogP contribution in [-0.2, 0) is 24.0 Å². The predicted molar refractivity (Wildman–Crippen MR) is 70.9 cm³/mol. The number of aliphatic hydroxyl groups is 2. The van der Waals surface area contributed by atoms with E-state index in [-0.39, 0.29) is 5.92 Å². The lowest BCUT2D eigenvalue weighted by Gasteiger charge is -2.59. The molecule has 0 amide bonds. The molecule has 0 aromatic heterocycles. The van der Waals surface area contributed by atoms with Crippen molar-refractivity contribution >= 4 is 5.97 Å². The molecule has 124 valence electrons. The van der Waals surface area contributed by atoms with Gasteiger partial charge in [0.15, 0.2) is 11.2 Å². The Kier molecular flexibility index (Phi) is 2.98. The monoisotopic (exact) mass is 314 g/mol. The fraction of sp³-hybridized carbons (Fsp3) is 0.933. The van der Waals surface area contributed by atoms with Gasteiger partial charge in [-0.2, -0.15) is 0 Å². The normalized spacial score (nSPS) is 57.0. The molecule has 7 atom stereocenters. The molecule has 1 spiro atoms. The largest absolute Gasteiger partial charge is 0.430 e. The fourth-order valence-electron chi connectivity index (χ4n) is 4.83. The molecule has 2 bridgehead atoms. The first-order valence-corrected chi connectivity index (χ1v) is 7.95. The van der Waals surface area contributed by atoms with Crippen LogP contribution in [-0.4, -0.2) is 46.1 Å². The van der Waals surface area contributed by atoms with Crippen LogP contribution >= 0.6 is 0 Å². The number of hydrogen-bond donors (Lipinski definition) is 2. The number of carbonyl (C=O) groups excluding carboxylic acids is 1. The van der Waals surface area contributed by atoms with Gasteiger partial charge in [-0.3, -0.25) is 0 Å². The van der Waals surface area contributed by atoms with Gasteiger partial charge in [-0.05, 0) is 32.1 Å². The third-order valence-corrected chi connectivity index (χ3v) is 6.10. The molecule has 0 radical (unpaired) electrons. The summed E-state index contributed by atoms with van der Waals surface area (Å²) in [6, 6.07) is 0. The zero-order chi connectivity index (χ0) is 15.8. The molecule has 1 aliphatic carbocycles. The Bertz CT molecular complexity index is 510. The number of ether oxygens (including phenoxy) is 2. The molecule has 4 heterocycles. The van der Waals surface area contributed by atoms with Crippen LogP contribution < -0.4 is 0 Å². The second-order valence-electron chi connectivity index (χ2n) is 7.34. The maximum absolute atomic E-state index is 12.3. The molecular weight excluding hydrogens is 292 g/mol. The van der Waals surface area contributed by atoms with Gasteiger partial charge in [-0.15, -0.1) is 0 Å². The Balaban J connectivity index is 1.86. The van der Waals surface area contributed by atoms with Gasteiger partial charge in [0.25, 0.3) is 0 Å². The summed E-state index contributed by atoms with van der Waals surface area (Å²) < 4.78 is 11.3. The first-order chi connectivity index (χ1) is 10.4. The highest BCUT2D eigenvalue weighted by Crippen LogP contribution is 2.60. The highest BCUT2D eigenvalue weighted by atomic mass is 17.3. The van der Waals surface area contributed by atoms with E-state index in [2.05, 4.69) is 6.92 Å². The smallest absolute Gasteiger partial charge is 0.343 e. The molecule has 5 fully saturated rings. The lowest BCUT2D eigenvalue weighted by Crippen LogP contribution is -2.75. The molecular formula is C15H22O7. The van der Waals surface area contributed by atoms with Crippen LogP contribution in [0.2, 0.25) is 0 Å². The number of aliphatic hydroxyl groups excluding tert-OH is 1. The minimum Gasteiger partial charge on any atom is -0.430 e. The number of fused-ring (bicyclic) bond motifs is 2. The second kappa shape index (κ2) is 4.42. The Hall–Kier alpha value is -0.730. The molecule has 0 aromatic carbocycles. The summed E-state index contributed by atoms with van der Waals surface area (Å²) >= 11 is 0. The van der Waals surface area contributed by atoms with Gasteiger partial charge >= 0.3 is 5.97 Å². The maximum Gasteiger partial charge on any atom is 0.343 e. The summed E-state index contributed by atoms with van der Waals surface area (Å²) in [4.78, 5) is 23.6. The molecule has 7 nitrogen and oxygen atoms in total. The maximum atomic E-state index is 12.3. The van der Waals surface area contributed by atoms with Crippen LogP contribution in [0.3, 0.4) is 0 Å². The van der Waals surface area contributed by atoms with Gasteiger partial charge in [0.05, 0.1) is 6.61 Å². The van der Waals surface area contributed by atoms with Crippen LogP contribution in [0.1, 0.15) is 39.5 Å². The van der Waals surface area contributed by atoms with Gasteiger partial charge in [-0.1, -0.05) is 6.92 Å². The van der Waals surface area contributed by atoms with E-state index in [0.29, 0.717) is 18.8 Å². The fourth-order valence-corrected chi connectivity index (χ4v) is 4.83. The van der Waals surface area contributed by atoms with E-state index in [4.69, 9.17) is 19.2 Å². The first-order valence-electron chi connectivity index (χ1n) is 7.95. The average Bonchev–Trinajstić information content (AvgIpc) is 2.71. The van der Waals surface area contributed by atoms with E-state index in [1.54, 1.807) is 6.92 Å². The molecule has 5 rings (SSSR count). The lowest BCUT2D eigenvalue weighted by molar-refractivity contribution is -0.563. The van der Waals surface area contributed by atoms with E-state index in [0.717, 1.165) is 12.8 Å². The van der Waals surface area contributed by atoms with E-state index >= 15 is 0 Å². The van der Waals surface area contributed by atoms with Crippen LogP contribution in [0, 0.1) is 17.8 Å². The van der Waals surface area contributed by atoms with E-state index in [1.165, 1.54) is 0 Å². The van der Waals surface area contributed by atoms with Crippen molar-refractivity contribution in [2.45, 2.75) is 62.8 Å². The third kappa shape index (κ3) is 1.61. The van der Waals surface area contributed by atoms with Crippen molar-refractivity contribution in [3.63, 3.8) is 0 Å². The Morgan fingerprint density at radius 1 is 1.27 bits per heavy atom. The van der Waals surface area contributed by atoms with Crippen LogP contribution in [0.4, 0.5) is 0 Å². The first kappa shape index (κ1) is 14.8. The highest BCUT2D eigenvalue weighted by Gasteiger charge is 2.74. The Labute approximate surface area is 128 Å². The summed E-state index contributed by atoms with van der Waals surface area (Å²) in [6.45, 7) is 3.19. The molecule has 4 aliphatic heterocycles. The highest BCUT2D eigenvalue weighted by molar-refractivity contribution is 5.81. The van der Waals surface area contributed by atoms with Crippen molar-refractivity contribution in [3.05, 3.63) is 0 Å². The van der Waals surface area contributed by atoms with E-state index in [9.17, 15) is 15.0 Å². The minimum atomic E-state index is -1.97. The minimum absolute atomic E-state index is 0.0340. The van der Waals surface area contributed by atoms with Gasteiger partial charge in [0, 0.05) is 18.3 Å². The van der Waals surface area contributed by atoms with Crippen molar-refractivity contribution in [2.24, 2.45) is 17.8 Å².